The third-order valence-corrected chi connectivity index (χ3v) is 2.56. The molecule has 1 heterocycles. The van der Waals surface area contributed by atoms with Crippen LogP contribution in [0.5, 0.6) is 0 Å². The summed E-state index contributed by atoms with van der Waals surface area (Å²) in [5.41, 5.74) is 1.22. The van der Waals surface area contributed by atoms with Crippen molar-refractivity contribution in [3.63, 3.8) is 0 Å². The van der Waals surface area contributed by atoms with Gasteiger partial charge in [0.1, 0.15) is 11.6 Å². The van der Waals surface area contributed by atoms with Crippen LogP contribution in [0, 0.1) is 12.7 Å². The highest BCUT2D eigenvalue weighted by Crippen LogP contribution is 2.15. The number of anilines is 1. The van der Waals surface area contributed by atoms with E-state index in [4.69, 9.17) is 4.52 Å². The topological polar surface area (TPSA) is 55.1 Å². The molecule has 2 aromatic rings. The van der Waals surface area contributed by atoms with Crippen molar-refractivity contribution in [3.05, 3.63) is 47.1 Å². The van der Waals surface area contributed by atoms with Crippen LogP contribution in [0.15, 0.2) is 28.8 Å². The van der Waals surface area contributed by atoms with Crippen LogP contribution < -0.4 is 5.32 Å². The molecule has 1 amide bonds. The Kier molecular flexibility index (Phi) is 3.41. The Morgan fingerprint density at radius 2 is 2.22 bits per heavy atom. The van der Waals surface area contributed by atoms with Crippen molar-refractivity contribution in [2.75, 3.05) is 5.32 Å². The fourth-order valence-electron chi connectivity index (χ4n) is 1.50. The Hall–Kier alpha value is -2.17. The van der Waals surface area contributed by atoms with Crippen LogP contribution in [0.25, 0.3) is 0 Å². The van der Waals surface area contributed by atoms with E-state index in [1.165, 1.54) is 12.1 Å². The van der Waals surface area contributed by atoms with Gasteiger partial charge in [0.2, 0.25) is 0 Å². The van der Waals surface area contributed by atoms with Crippen molar-refractivity contribution in [2.45, 2.75) is 20.3 Å². The summed E-state index contributed by atoms with van der Waals surface area (Å²) < 4.78 is 18.0. The van der Waals surface area contributed by atoms with Crippen molar-refractivity contribution < 1.29 is 13.7 Å². The van der Waals surface area contributed by atoms with Gasteiger partial charge in [0, 0.05) is 18.2 Å². The average Bonchev–Trinajstić information content (AvgIpc) is 2.82. The van der Waals surface area contributed by atoms with Gasteiger partial charge in [-0.15, -0.1) is 0 Å². The van der Waals surface area contributed by atoms with E-state index in [2.05, 4.69) is 10.5 Å². The summed E-state index contributed by atoms with van der Waals surface area (Å²) in [6.07, 6.45) is 0.677. The first-order chi connectivity index (χ1) is 8.60. The predicted molar refractivity (Wildman–Crippen MR) is 65.0 cm³/mol. The number of halogens is 1. The van der Waals surface area contributed by atoms with Crippen molar-refractivity contribution in [1.82, 2.24) is 5.16 Å². The summed E-state index contributed by atoms with van der Waals surface area (Å²) in [5.74, 6) is -0.0254. The zero-order valence-electron chi connectivity index (χ0n) is 10.2. The summed E-state index contributed by atoms with van der Waals surface area (Å²) in [5, 5.41) is 6.30. The third-order valence-electron chi connectivity index (χ3n) is 2.56. The van der Waals surface area contributed by atoms with Crippen LogP contribution in [-0.2, 0) is 6.42 Å². The molecule has 0 aliphatic rings. The molecule has 0 unspecified atom stereocenters. The summed E-state index contributed by atoms with van der Waals surface area (Å²) in [4.78, 5) is 11.8. The van der Waals surface area contributed by atoms with E-state index in [9.17, 15) is 9.18 Å². The van der Waals surface area contributed by atoms with Crippen molar-refractivity contribution in [1.29, 1.82) is 0 Å². The number of carbonyl (C=O) groups is 1. The van der Waals surface area contributed by atoms with Gasteiger partial charge in [-0.05, 0) is 30.7 Å². The summed E-state index contributed by atoms with van der Waals surface area (Å²) in [7, 11) is 0. The second-order valence-corrected chi connectivity index (χ2v) is 3.95. The number of hydrogen-bond donors (Lipinski definition) is 1. The molecule has 2 rings (SSSR count). The fourth-order valence-corrected chi connectivity index (χ4v) is 1.50. The minimum Gasteiger partial charge on any atom is -0.361 e. The van der Waals surface area contributed by atoms with Gasteiger partial charge in [0.05, 0.1) is 0 Å². The van der Waals surface area contributed by atoms with E-state index >= 15 is 0 Å². The molecule has 18 heavy (non-hydrogen) atoms. The first-order valence-electron chi connectivity index (χ1n) is 5.63. The number of nitrogens with one attached hydrogen (secondary N) is 1. The van der Waals surface area contributed by atoms with Gasteiger partial charge >= 0.3 is 0 Å². The van der Waals surface area contributed by atoms with Gasteiger partial charge in [-0.1, -0.05) is 12.1 Å². The molecule has 0 atom stereocenters. The molecule has 0 saturated heterocycles. The molecule has 0 fully saturated rings. The van der Waals surface area contributed by atoms with Crippen LogP contribution in [0.2, 0.25) is 0 Å². The molecule has 4 nitrogen and oxygen atoms in total. The fraction of sp³-hybridized carbons (Fsp3) is 0.231. The minimum absolute atomic E-state index is 0.217. The van der Waals surface area contributed by atoms with Crippen molar-refractivity contribution in [3.8, 4) is 0 Å². The molecular weight excluding hydrogens is 235 g/mol. The highest BCUT2D eigenvalue weighted by Gasteiger charge is 2.12. The predicted octanol–water partition coefficient (Wildman–Crippen LogP) is 2.94. The largest absolute Gasteiger partial charge is 0.361 e. The highest BCUT2D eigenvalue weighted by atomic mass is 19.1. The number of hydrogen-bond acceptors (Lipinski definition) is 3. The van der Waals surface area contributed by atoms with E-state index in [0.717, 1.165) is 0 Å². The zero-order chi connectivity index (χ0) is 13.1. The second kappa shape index (κ2) is 5.00. The molecule has 0 bridgehead atoms. The number of benzene rings is 1. The van der Waals surface area contributed by atoms with Gasteiger partial charge in [-0.25, -0.2) is 4.39 Å². The standard InChI is InChI=1S/C13H13FN2O2/c1-3-10-7-12(16-18-10)13(17)15-9-4-5-11(14)8(2)6-9/h4-7H,3H2,1-2H3,(H,15,17). The van der Waals surface area contributed by atoms with E-state index in [1.54, 1.807) is 19.1 Å². The molecular formula is C13H13FN2O2. The lowest BCUT2D eigenvalue weighted by atomic mass is 10.2. The molecule has 5 heteroatoms. The van der Waals surface area contributed by atoms with E-state index < -0.39 is 0 Å². The SMILES string of the molecule is CCc1cc(C(=O)Nc2ccc(F)c(C)c2)no1. The maximum Gasteiger partial charge on any atom is 0.277 e. The van der Waals surface area contributed by atoms with Crippen LogP contribution in [-0.4, -0.2) is 11.1 Å². The molecule has 1 aromatic heterocycles. The van der Waals surface area contributed by atoms with E-state index in [1.807, 2.05) is 6.92 Å². The molecule has 1 N–H and O–H groups in total. The third kappa shape index (κ3) is 2.56. The van der Waals surface area contributed by atoms with Crippen LogP contribution in [0.3, 0.4) is 0 Å². The van der Waals surface area contributed by atoms with Crippen molar-refractivity contribution >= 4 is 11.6 Å². The number of nitrogens with zero attached hydrogens (tertiary/aromatic N) is 1. The van der Waals surface area contributed by atoms with Crippen LogP contribution >= 0.6 is 0 Å². The summed E-state index contributed by atoms with van der Waals surface area (Å²) in [6, 6.07) is 5.96. The quantitative estimate of drug-likeness (QED) is 0.908. The van der Waals surface area contributed by atoms with Crippen LogP contribution in [0.1, 0.15) is 28.7 Å². The molecule has 1 aromatic carbocycles. The normalized spacial score (nSPS) is 10.4. The monoisotopic (exact) mass is 248 g/mol. The number of amides is 1. The first kappa shape index (κ1) is 12.3. The molecule has 0 aliphatic carbocycles. The molecule has 0 radical (unpaired) electrons. The Balaban J connectivity index is 2.13. The Bertz CT molecular complexity index is 578. The van der Waals surface area contributed by atoms with E-state index in [0.29, 0.717) is 23.4 Å². The zero-order valence-corrected chi connectivity index (χ0v) is 10.2. The Morgan fingerprint density at radius 1 is 1.44 bits per heavy atom. The Labute approximate surface area is 104 Å². The van der Waals surface area contributed by atoms with Crippen molar-refractivity contribution in [2.24, 2.45) is 0 Å². The summed E-state index contributed by atoms with van der Waals surface area (Å²) >= 11 is 0. The first-order valence-corrected chi connectivity index (χ1v) is 5.63. The maximum absolute atomic E-state index is 13.1. The van der Waals surface area contributed by atoms with Gasteiger partial charge in [0.15, 0.2) is 5.69 Å². The van der Waals surface area contributed by atoms with Gasteiger partial charge in [-0.3, -0.25) is 4.79 Å². The number of carbonyl (C=O) groups excluding carboxylic acids is 1. The highest BCUT2D eigenvalue weighted by molar-refractivity contribution is 6.02. The second-order valence-electron chi connectivity index (χ2n) is 3.95. The van der Waals surface area contributed by atoms with Crippen LogP contribution in [0.4, 0.5) is 10.1 Å². The maximum atomic E-state index is 13.1. The van der Waals surface area contributed by atoms with Gasteiger partial charge < -0.3 is 9.84 Å². The number of aryl methyl sites for hydroxylation is 2. The van der Waals surface area contributed by atoms with Gasteiger partial charge in [-0.2, -0.15) is 0 Å². The number of aromatic nitrogens is 1. The molecule has 0 saturated carbocycles. The number of rotatable bonds is 3. The smallest absolute Gasteiger partial charge is 0.277 e. The summed E-state index contributed by atoms with van der Waals surface area (Å²) in [6.45, 7) is 3.54. The van der Waals surface area contributed by atoms with E-state index in [-0.39, 0.29) is 17.4 Å². The minimum atomic E-state index is -0.371. The molecule has 0 spiro atoms. The molecule has 94 valence electrons. The molecule has 0 aliphatic heterocycles. The average molecular weight is 248 g/mol. The van der Waals surface area contributed by atoms with Gasteiger partial charge in [0.25, 0.3) is 5.91 Å². The Morgan fingerprint density at radius 3 is 2.83 bits per heavy atom. The lowest BCUT2D eigenvalue weighted by molar-refractivity contribution is 0.101. The lowest BCUT2D eigenvalue weighted by Crippen LogP contribution is -2.12. The lowest BCUT2D eigenvalue weighted by Gasteiger charge is -2.04.